The van der Waals surface area contributed by atoms with Gasteiger partial charge in [0, 0.05) is 23.4 Å². The van der Waals surface area contributed by atoms with E-state index < -0.39 is 10.0 Å². The number of nitrogens with zero attached hydrogens (tertiary/aromatic N) is 1. The number of amides is 1. The summed E-state index contributed by atoms with van der Waals surface area (Å²) in [5.41, 5.74) is 1.86. The fraction of sp³-hybridized carbons (Fsp3) is 0.0625. The topological polar surface area (TPSA) is 66.5 Å². The molecule has 0 atom stereocenters. The number of carbonyl (C=O) groups is 1. The van der Waals surface area contributed by atoms with Crippen molar-refractivity contribution in [2.24, 2.45) is 0 Å². The van der Waals surface area contributed by atoms with Crippen molar-refractivity contribution in [2.45, 2.75) is 4.21 Å². The van der Waals surface area contributed by atoms with E-state index in [-0.39, 0.29) is 10.1 Å². The van der Waals surface area contributed by atoms with Gasteiger partial charge in [-0.1, -0.05) is 18.2 Å². The molecule has 0 saturated carbocycles. The third-order valence-electron chi connectivity index (χ3n) is 3.92. The van der Waals surface area contributed by atoms with Gasteiger partial charge in [-0.05, 0) is 29.6 Å². The van der Waals surface area contributed by atoms with E-state index in [2.05, 4.69) is 4.72 Å². The highest BCUT2D eigenvalue weighted by Gasteiger charge is 2.28. The molecule has 0 aliphatic carbocycles. The molecule has 0 spiro atoms. The molecule has 1 aliphatic heterocycles. The lowest BCUT2D eigenvalue weighted by atomic mass is 10.0. The number of carbonyl (C=O) groups excluding carboxylic acids is 1. The van der Waals surface area contributed by atoms with Crippen molar-refractivity contribution in [3.63, 3.8) is 0 Å². The summed E-state index contributed by atoms with van der Waals surface area (Å²) in [7, 11) is -1.91. The van der Waals surface area contributed by atoms with Gasteiger partial charge in [-0.2, -0.15) is 0 Å². The predicted molar refractivity (Wildman–Crippen MR) is 91.8 cm³/mol. The number of nitrogens with one attached hydrogen (secondary N) is 1. The molecule has 1 amide bonds. The van der Waals surface area contributed by atoms with Gasteiger partial charge in [-0.3, -0.25) is 9.52 Å². The number of rotatable bonds is 3. The minimum Gasteiger partial charge on any atom is -0.311 e. The normalized spacial score (nSPS) is 13.8. The van der Waals surface area contributed by atoms with Crippen LogP contribution in [0.3, 0.4) is 0 Å². The van der Waals surface area contributed by atoms with Crippen molar-refractivity contribution in [1.82, 2.24) is 0 Å². The van der Waals surface area contributed by atoms with Crippen LogP contribution in [0.15, 0.2) is 52.1 Å². The van der Waals surface area contributed by atoms with E-state index in [1.54, 1.807) is 53.7 Å². The molecule has 2 aromatic carbocycles. The molecule has 0 radical (unpaired) electrons. The van der Waals surface area contributed by atoms with Gasteiger partial charge in [0.05, 0.1) is 11.4 Å². The van der Waals surface area contributed by atoms with Gasteiger partial charge in [-0.25, -0.2) is 8.42 Å². The number of thiophene rings is 1. The van der Waals surface area contributed by atoms with Crippen LogP contribution in [0, 0.1) is 0 Å². The van der Waals surface area contributed by atoms with Gasteiger partial charge in [0.25, 0.3) is 15.9 Å². The van der Waals surface area contributed by atoms with Gasteiger partial charge in [0.2, 0.25) is 0 Å². The van der Waals surface area contributed by atoms with Crippen LogP contribution in [-0.2, 0) is 10.0 Å². The summed E-state index contributed by atoms with van der Waals surface area (Å²) in [5.74, 6) is -0.0798. The van der Waals surface area contributed by atoms with Gasteiger partial charge in [0.1, 0.15) is 4.21 Å². The molecule has 1 aromatic heterocycles. The Labute approximate surface area is 137 Å². The summed E-state index contributed by atoms with van der Waals surface area (Å²) in [5, 5.41) is 3.22. The average Bonchev–Trinajstić information content (AvgIpc) is 3.15. The van der Waals surface area contributed by atoms with E-state index in [0.717, 1.165) is 27.8 Å². The summed E-state index contributed by atoms with van der Waals surface area (Å²) in [6.07, 6.45) is 0. The lowest BCUT2D eigenvalue weighted by molar-refractivity contribution is 0.0999. The van der Waals surface area contributed by atoms with E-state index in [4.69, 9.17) is 0 Å². The number of hydrogen-bond donors (Lipinski definition) is 1. The Bertz CT molecular complexity index is 1040. The van der Waals surface area contributed by atoms with Gasteiger partial charge in [-0.15, -0.1) is 11.3 Å². The second kappa shape index (κ2) is 4.81. The largest absolute Gasteiger partial charge is 0.311 e. The van der Waals surface area contributed by atoms with Crippen LogP contribution in [0.1, 0.15) is 10.4 Å². The van der Waals surface area contributed by atoms with E-state index in [9.17, 15) is 13.2 Å². The molecule has 7 heteroatoms. The molecule has 23 heavy (non-hydrogen) atoms. The maximum absolute atomic E-state index is 12.4. The summed E-state index contributed by atoms with van der Waals surface area (Å²) < 4.78 is 27.8. The quantitative estimate of drug-likeness (QED) is 0.793. The van der Waals surface area contributed by atoms with E-state index >= 15 is 0 Å². The minimum atomic E-state index is -3.62. The number of benzene rings is 2. The summed E-state index contributed by atoms with van der Waals surface area (Å²) in [6.45, 7) is 0. The number of anilines is 2. The highest BCUT2D eigenvalue weighted by atomic mass is 32.2. The van der Waals surface area contributed by atoms with Gasteiger partial charge >= 0.3 is 0 Å². The van der Waals surface area contributed by atoms with Crippen molar-refractivity contribution in [2.75, 3.05) is 16.7 Å². The van der Waals surface area contributed by atoms with Crippen molar-refractivity contribution >= 4 is 49.4 Å². The zero-order valence-electron chi connectivity index (χ0n) is 12.1. The van der Waals surface area contributed by atoms with Crippen LogP contribution in [0.5, 0.6) is 0 Å². The minimum absolute atomic E-state index is 0.0798. The maximum atomic E-state index is 12.4. The van der Waals surface area contributed by atoms with Gasteiger partial charge in [0.15, 0.2) is 0 Å². The number of hydrogen-bond acceptors (Lipinski definition) is 4. The third-order valence-corrected chi connectivity index (χ3v) is 6.68. The van der Waals surface area contributed by atoms with Crippen LogP contribution in [0.25, 0.3) is 10.8 Å². The Morgan fingerprint density at radius 1 is 1.09 bits per heavy atom. The highest BCUT2D eigenvalue weighted by Crippen LogP contribution is 2.40. The molecule has 4 rings (SSSR count). The molecular formula is C16H12N2O3S2. The van der Waals surface area contributed by atoms with E-state index in [0.29, 0.717) is 11.3 Å². The summed E-state index contributed by atoms with van der Waals surface area (Å²) in [4.78, 5) is 13.8. The zero-order chi connectivity index (χ0) is 16.2. The van der Waals surface area contributed by atoms with Crippen LogP contribution < -0.4 is 9.62 Å². The van der Waals surface area contributed by atoms with Gasteiger partial charge < -0.3 is 4.90 Å². The SMILES string of the molecule is CN1C(=O)c2cccc3c(NS(=O)(=O)c4cccs4)ccc1c23. The van der Waals surface area contributed by atoms with Crippen LogP contribution >= 0.6 is 11.3 Å². The second-order valence-electron chi connectivity index (χ2n) is 5.26. The standard InChI is InChI=1S/C16H12N2O3S2/c1-18-13-8-7-12(17-23(20,21)14-6-3-9-22-14)10-4-2-5-11(15(10)13)16(18)19/h2-9,17H,1H3. The Balaban J connectivity index is 1.90. The van der Waals surface area contributed by atoms with E-state index in [1.165, 1.54) is 0 Å². The fourth-order valence-electron chi connectivity index (χ4n) is 2.84. The zero-order valence-corrected chi connectivity index (χ0v) is 13.7. The van der Waals surface area contributed by atoms with Crippen molar-refractivity contribution < 1.29 is 13.2 Å². The smallest absolute Gasteiger partial charge is 0.271 e. The molecule has 0 saturated heterocycles. The summed E-state index contributed by atoms with van der Waals surface area (Å²) >= 11 is 1.16. The molecule has 5 nitrogen and oxygen atoms in total. The van der Waals surface area contributed by atoms with Crippen LogP contribution in [0.2, 0.25) is 0 Å². The monoisotopic (exact) mass is 344 g/mol. The van der Waals surface area contributed by atoms with Crippen LogP contribution in [0.4, 0.5) is 11.4 Å². The fourth-order valence-corrected chi connectivity index (χ4v) is 4.91. The molecule has 0 unspecified atom stereocenters. The van der Waals surface area contributed by atoms with Crippen molar-refractivity contribution in [3.05, 3.63) is 53.4 Å². The van der Waals surface area contributed by atoms with E-state index in [1.807, 2.05) is 6.07 Å². The third kappa shape index (κ3) is 2.04. The molecule has 1 N–H and O–H groups in total. The Morgan fingerprint density at radius 3 is 2.65 bits per heavy atom. The molecular weight excluding hydrogens is 332 g/mol. The summed E-state index contributed by atoms with van der Waals surface area (Å²) in [6, 6.07) is 12.1. The predicted octanol–water partition coefficient (Wildman–Crippen LogP) is 3.29. The molecule has 1 aliphatic rings. The highest BCUT2D eigenvalue weighted by molar-refractivity contribution is 7.94. The Morgan fingerprint density at radius 2 is 1.91 bits per heavy atom. The first kappa shape index (κ1) is 14.2. The van der Waals surface area contributed by atoms with Crippen molar-refractivity contribution in [1.29, 1.82) is 0 Å². The molecule has 3 aromatic rings. The lowest BCUT2D eigenvalue weighted by Crippen LogP contribution is -2.20. The average molecular weight is 344 g/mol. The first-order valence-electron chi connectivity index (χ1n) is 6.89. The Kier molecular flexibility index (Phi) is 2.97. The second-order valence-corrected chi connectivity index (χ2v) is 8.12. The first-order valence-corrected chi connectivity index (χ1v) is 9.25. The molecule has 2 heterocycles. The molecule has 0 bridgehead atoms. The lowest BCUT2D eigenvalue weighted by Gasteiger charge is -2.13. The molecule has 116 valence electrons. The maximum Gasteiger partial charge on any atom is 0.271 e. The number of sulfonamides is 1. The first-order chi connectivity index (χ1) is 11.0. The van der Waals surface area contributed by atoms with Crippen LogP contribution in [-0.4, -0.2) is 21.4 Å². The van der Waals surface area contributed by atoms with Crippen molar-refractivity contribution in [3.8, 4) is 0 Å². The molecule has 0 fully saturated rings. The Hall–Kier alpha value is -2.38.